The molecule has 0 spiro atoms. The van der Waals surface area contributed by atoms with Crippen LogP contribution in [0.1, 0.15) is 5.56 Å². The molecule has 0 unspecified atom stereocenters. The van der Waals surface area contributed by atoms with Crippen molar-refractivity contribution in [1.29, 1.82) is 0 Å². The summed E-state index contributed by atoms with van der Waals surface area (Å²) in [5.41, 5.74) is -0.383. The van der Waals surface area contributed by atoms with Crippen molar-refractivity contribution in [2.45, 2.75) is 6.18 Å². The lowest BCUT2D eigenvalue weighted by Gasteiger charge is -2.08. The fourth-order valence-electron chi connectivity index (χ4n) is 1.05. The van der Waals surface area contributed by atoms with E-state index < -0.39 is 36.1 Å². The number of hydrogen-bond acceptors (Lipinski definition) is 1. The van der Waals surface area contributed by atoms with Gasteiger partial charge in [-0.1, -0.05) is 0 Å². The van der Waals surface area contributed by atoms with Crippen LogP contribution in [-0.4, -0.2) is 18.6 Å². The molecule has 1 radical (unpaired) electrons. The Kier molecular flexibility index (Phi) is 4.20. The standard InChI is InChI=1S/C10H6F6NO/c11-6-1-5(2-7(12)9(6)13)3-8(18)17-4-10(14,15)16/h1-3H,4H2,(H,17,18). The van der Waals surface area contributed by atoms with Crippen LogP contribution in [0.25, 0.3) is 0 Å². The lowest BCUT2D eigenvalue weighted by Crippen LogP contribution is -2.33. The van der Waals surface area contributed by atoms with E-state index in [1.54, 1.807) is 0 Å². The molecule has 0 saturated heterocycles. The van der Waals surface area contributed by atoms with Crippen LogP contribution < -0.4 is 5.32 Å². The second kappa shape index (κ2) is 5.28. The summed E-state index contributed by atoms with van der Waals surface area (Å²) in [6, 6.07) is 0.983. The summed E-state index contributed by atoms with van der Waals surface area (Å²) in [6.07, 6.45) is -4.07. The van der Waals surface area contributed by atoms with Crippen molar-refractivity contribution in [1.82, 2.24) is 5.32 Å². The normalized spacial score (nSPS) is 11.4. The van der Waals surface area contributed by atoms with Gasteiger partial charge in [-0.15, -0.1) is 0 Å². The van der Waals surface area contributed by atoms with Gasteiger partial charge in [-0.05, 0) is 17.7 Å². The zero-order valence-corrected chi connectivity index (χ0v) is 8.62. The van der Waals surface area contributed by atoms with Crippen LogP contribution in [-0.2, 0) is 4.79 Å². The molecule has 0 aliphatic heterocycles. The number of carbonyl (C=O) groups is 1. The van der Waals surface area contributed by atoms with E-state index in [0.717, 1.165) is 0 Å². The number of nitrogens with one attached hydrogen (secondary N) is 1. The van der Waals surface area contributed by atoms with Crippen molar-refractivity contribution >= 4 is 5.91 Å². The number of rotatable bonds is 3. The zero-order valence-electron chi connectivity index (χ0n) is 8.62. The molecule has 1 aromatic rings. The summed E-state index contributed by atoms with van der Waals surface area (Å²) in [4.78, 5) is 11.0. The minimum absolute atomic E-state index is 0.383. The summed E-state index contributed by atoms with van der Waals surface area (Å²) in [5, 5.41) is 1.47. The Labute approximate surface area is 97.6 Å². The largest absolute Gasteiger partial charge is 0.405 e. The first kappa shape index (κ1) is 14.3. The van der Waals surface area contributed by atoms with E-state index in [4.69, 9.17) is 0 Å². The highest BCUT2D eigenvalue weighted by atomic mass is 19.4. The minimum atomic E-state index is -4.59. The highest BCUT2D eigenvalue weighted by molar-refractivity contribution is 5.88. The Morgan fingerprint density at radius 3 is 2.11 bits per heavy atom. The van der Waals surface area contributed by atoms with E-state index in [-0.39, 0.29) is 5.56 Å². The summed E-state index contributed by atoms with van der Waals surface area (Å²) in [5.74, 6) is -5.99. The highest BCUT2D eigenvalue weighted by Crippen LogP contribution is 2.15. The van der Waals surface area contributed by atoms with Gasteiger partial charge in [0.25, 0.3) is 0 Å². The number of amides is 1. The van der Waals surface area contributed by atoms with E-state index in [2.05, 4.69) is 0 Å². The van der Waals surface area contributed by atoms with Crippen molar-refractivity contribution in [3.05, 3.63) is 41.6 Å². The Bertz CT molecular complexity index is 433. The van der Waals surface area contributed by atoms with Gasteiger partial charge in [0.05, 0.1) is 6.42 Å². The van der Waals surface area contributed by atoms with Crippen LogP contribution in [0.4, 0.5) is 26.3 Å². The van der Waals surface area contributed by atoms with Crippen molar-refractivity contribution in [3.63, 3.8) is 0 Å². The molecule has 1 N–H and O–H groups in total. The predicted octanol–water partition coefficient (Wildman–Crippen LogP) is 2.33. The number of halogens is 6. The SMILES string of the molecule is O=C([CH]c1cc(F)c(F)c(F)c1)NCC(F)(F)F. The molecule has 2 nitrogen and oxygen atoms in total. The van der Waals surface area contributed by atoms with Crippen LogP contribution >= 0.6 is 0 Å². The van der Waals surface area contributed by atoms with Gasteiger partial charge in [-0.2, -0.15) is 13.2 Å². The Hall–Kier alpha value is -1.73. The summed E-state index contributed by atoms with van der Waals surface area (Å²) >= 11 is 0. The van der Waals surface area contributed by atoms with Gasteiger partial charge >= 0.3 is 6.18 Å². The second-order valence-electron chi connectivity index (χ2n) is 3.28. The molecule has 0 heterocycles. The van der Waals surface area contributed by atoms with Crippen LogP contribution in [0, 0.1) is 23.9 Å². The molecule has 1 rings (SSSR count). The maximum atomic E-state index is 12.7. The highest BCUT2D eigenvalue weighted by Gasteiger charge is 2.27. The molecule has 0 aliphatic carbocycles. The average molecular weight is 270 g/mol. The maximum absolute atomic E-state index is 12.7. The topological polar surface area (TPSA) is 29.1 Å². The lowest BCUT2D eigenvalue weighted by atomic mass is 10.1. The van der Waals surface area contributed by atoms with Crippen molar-refractivity contribution in [2.75, 3.05) is 6.54 Å². The van der Waals surface area contributed by atoms with Gasteiger partial charge in [-0.3, -0.25) is 4.79 Å². The van der Waals surface area contributed by atoms with E-state index >= 15 is 0 Å². The third kappa shape index (κ3) is 4.27. The van der Waals surface area contributed by atoms with Gasteiger partial charge < -0.3 is 5.32 Å². The smallest absolute Gasteiger partial charge is 0.346 e. The molecule has 18 heavy (non-hydrogen) atoms. The van der Waals surface area contributed by atoms with Crippen LogP contribution in [0.15, 0.2) is 12.1 Å². The zero-order chi connectivity index (χ0) is 13.9. The van der Waals surface area contributed by atoms with Crippen LogP contribution in [0.3, 0.4) is 0 Å². The van der Waals surface area contributed by atoms with Crippen LogP contribution in [0.5, 0.6) is 0 Å². The first-order valence-electron chi connectivity index (χ1n) is 4.53. The van der Waals surface area contributed by atoms with Crippen molar-refractivity contribution in [3.8, 4) is 0 Å². The number of carbonyl (C=O) groups excluding carboxylic acids is 1. The summed E-state index contributed by atoms with van der Waals surface area (Å²) < 4.78 is 73.2. The monoisotopic (exact) mass is 270 g/mol. The summed E-state index contributed by atoms with van der Waals surface area (Å²) in [7, 11) is 0. The van der Waals surface area contributed by atoms with Crippen molar-refractivity contribution < 1.29 is 31.1 Å². The fraction of sp³-hybridized carbons (Fsp3) is 0.200. The first-order chi connectivity index (χ1) is 8.19. The average Bonchev–Trinajstić information content (AvgIpc) is 2.22. The van der Waals surface area contributed by atoms with Crippen molar-refractivity contribution in [2.24, 2.45) is 0 Å². The third-order valence-corrected chi connectivity index (χ3v) is 1.77. The van der Waals surface area contributed by atoms with Gasteiger partial charge in [0.15, 0.2) is 17.5 Å². The quantitative estimate of drug-likeness (QED) is 0.663. The number of alkyl halides is 3. The molecular weight excluding hydrogens is 264 g/mol. The lowest BCUT2D eigenvalue weighted by molar-refractivity contribution is -0.136. The van der Waals surface area contributed by atoms with Gasteiger partial charge in [0, 0.05) is 0 Å². The van der Waals surface area contributed by atoms with E-state index in [1.165, 1.54) is 5.32 Å². The molecule has 8 heteroatoms. The molecule has 0 aromatic heterocycles. The molecule has 1 amide bonds. The molecule has 0 bridgehead atoms. The van der Waals surface area contributed by atoms with Gasteiger partial charge in [0.2, 0.25) is 5.91 Å². The predicted molar refractivity (Wildman–Crippen MR) is 48.8 cm³/mol. The molecular formula is C10H6F6NO. The van der Waals surface area contributed by atoms with E-state index in [1.807, 2.05) is 0 Å². The van der Waals surface area contributed by atoms with Gasteiger partial charge in [0.1, 0.15) is 6.54 Å². The first-order valence-corrected chi connectivity index (χ1v) is 4.53. The Balaban J connectivity index is 2.65. The molecule has 0 fully saturated rings. The van der Waals surface area contributed by atoms with E-state index in [9.17, 15) is 31.1 Å². The second-order valence-corrected chi connectivity index (χ2v) is 3.28. The molecule has 0 saturated carbocycles. The fourth-order valence-corrected chi connectivity index (χ4v) is 1.05. The van der Waals surface area contributed by atoms with Crippen LogP contribution in [0.2, 0.25) is 0 Å². The molecule has 99 valence electrons. The minimum Gasteiger partial charge on any atom is -0.346 e. The Morgan fingerprint density at radius 1 is 1.17 bits per heavy atom. The molecule has 1 aromatic carbocycles. The molecule has 0 aliphatic rings. The molecule has 0 atom stereocenters. The number of hydrogen-bond donors (Lipinski definition) is 1. The maximum Gasteiger partial charge on any atom is 0.405 e. The Morgan fingerprint density at radius 2 is 1.67 bits per heavy atom. The van der Waals surface area contributed by atoms with Gasteiger partial charge in [-0.25, -0.2) is 13.2 Å². The van der Waals surface area contributed by atoms with E-state index in [0.29, 0.717) is 18.6 Å². The number of benzene rings is 1. The summed E-state index contributed by atoms with van der Waals surface area (Å²) in [6.45, 7) is -1.57. The third-order valence-electron chi connectivity index (χ3n) is 1.77.